The normalized spacial score (nSPS) is 28.6. The predicted molar refractivity (Wildman–Crippen MR) is 127 cm³/mol. The highest BCUT2D eigenvalue weighted by Crippen LogP contribution is 2.44. The lowest BCUT2D eigenvalue weighted by atomic mass is 9.66. The highest BCUT2D eigenvalue weighted by Gasteiger charge is 2.45. The van der Waals surface area contributed by atoms with Crippen molar-refractivity contribution < 1.29 is 39.5 Å². The maximum absolute atomic E-state index is 13.2. The van der Waals surface area contributed by atoms with Crippen LogP contribution >= 0.6 is 0 Å². The summed E-state index contributed by atoms with van der Waals surface area (Å²) in [6.45, 7) is 8.12. The standard InChI is InChI=1S/C26H42O8/c1-5-26(6-2,33-7-3)25(32)34-22-14-19(28)12-17-9-8-16(4)21(24(17)22)11-10-18(27)13-20(29)15-23(30)31/h8-9,12,16,18-22,24,27-29H,5-7,10-11,13-15H2,1-4H3,(H,30,31)/t16-,18-,19-,20-,21+,22+,24+/m1/s1. The van der Waals surface area contributed by atoms with Crippen LogP contribution in [-0.4, -0.2) is 69.0 Å². The minimum Gasteiger partial charge on any atom is -0.481 e. The Kier molecular flexibility index (Phi) is 10.7. The van der Waals surface area contributed by atoms with Crippen molar-refractivity contribution in [2.75, 3.05) is 6.61 Å². The number of esters is 1. The fraction of sp³-hybridized carbons (Fsp3) is 0.769. The SMILES string of the molecule is CCOC(CC)(CC)C(=O)O[C@H]1C[C@H](O)C=C2C=C[C@@H](C)[C@H](CC[C@@H](O)C[C@@H](O)CC(=O)O)[C@H]21. The average Bonchev–Trinajstić information content (AvgIpc) is 2.76. The Bertz CT molecular complexity index is 741. The molecule has 2 rings (SSSR count). The smallest absolute Gasteiger partial charge is 0.338 e. The molecule has 0 bridgehead atoms. The van der Waals surface area contributed by atoms with Crippen molar-refractivity contribution >= 4 is 11.9 Å². The first-order valence-electron chi connectivity index (χ1n) is 12.6. The van der Waals surface area contributed by atoms with E-state index in [0.29, 0.717) is 38.7 Å². The van der Waals surface area contributed by atoms with Crippen LogP contribution in [0.15, 0.2) is 23.8 Å². The molecule has 0 aromatic heterocycles. The van der Waals surface area contributed by atoms with Gasteiger partial charge in [0, 0.05) is 18.9 Å². The number of carboxylic acid groups (broad SMARTS) is 1. The molecule has 0 amide bonds. The maximum Gasteiger partial charge on any atom is 0.338 e. The largest absolute Gasteiger partial charge is 0.481 e. The quantitative estimate of drug-likeness (QED) is 0.295. The van der Waals surface area contributed by atoms with E-state index in [1.165, 1.54) is 0 Å². The summed E-state index contributed by atoms with van der Waals surface area (Å²) in [5, 5.41) is 39.5. The average molecular weight is 483 g/mol. The molecule has 0 unspecified atom stereocenters. The van der Waals surface area contributed by atoms with E-state index in [1.54, 1.807) is 0 Å². The molecular weight excluding hydrogens is 440 g/mol. The van der Waals surface area contributed by atoms with Crippen molar-refractivity contribution in [3.63, 3.8) is 0 Å². The summed E-state index contributed by atoms with van der Waals surface area (Å²) in [6, 6.07) is 0. The van der Waals surface area contributed by atoms with Gasteiger partial charge in [0.1, 0.15) is 6.10 Å². The molecule has 0 spiro atoms. The maximum atomic E-state index is 13.2. The minimum absolute atomic E-state index is 0.00237. The fourth-order valence-electron chi connectivity index (χ4n) is 5.41. The van der Waals surface area contributed by atoms with Gasteiger partial charge >= 0.3 is 11.9 Å². The molecule has 0 aromatic rings. The third-order valence-electron chi connectivity index (χ3n) is 7.35. The molecule has 194 valence electrons. The third kappa shape index (κ3) is 7.13. The number of aliphatic hydroxyl groups is 3. The van der Waals surface area contributed by atoms with Gasteiger partial charge in [-0.25, -0.2) is 4.79 Å². The van der Waals surface area contributed by atoms with Crippen LogP contribution in [0.3, 0.4) is 0 Å². The Morgan fingerprint density at radius 1 is 1.18 bits per heavy atom. The number of rotatable bonds is 13. The van der Waals surface area contributed by atoms with Crippen molar-refractivity contribution in [1.29, 1.82) is 0 Å². The van der Waals surface area contributed by atoms with Crippen LogP contribution in [0.2, 0.25) is 0 Å². The molecule has 0 heterocycles. The van der Waals surface area contributed by atoms with Gasteiger partial charge in [0.25, 0.3) is 0 Å². The van der Waals surface area contributed by atoms with Gasteiger partial charge in [0.15, 0.2) is 5.60 Å². The van der Waals surface area contributed by atoms with E-state index < -0.39 is 48.4 Å². The highest BCUT2D eigenvalue weighted by molar-refractivity contribution is 5.79. The molecule has 7 atom stereocenters. The first kappa shape index (κ1) is 28.5. The van der Waals surface area contributed by atoms with Gasteiger partial charge in [0.05, 0.1) is 24.7 Å². The van der Waals surface area contributed by atoms with Crippen molar-refractivity contribution in [3.8, 4) is 0 Å². The van der Waals surface area contributed by atoms with Gasteiger partial charge in [0.2, 0.25) is 0 Å². The zero-order chi connectivity index (χ0) is 25.5. The van der Waals surface area contributed by atoms with Crippen molar-refractivity contribution in [2.24, 2.45) is 17.8 Å². The number of carbonyl (C=O) groups excluding carboxylic acids is 1. The fourth-order valence-corrected chi connectivity index (χ4v) is 5.41. The molecule has 0 aromatic carbocycles. The van der Waals surface area contributed by atoms with Crippen LogP contribution in [0.5, 0.6) is 0 Å². The summed E-state index contributed by atoms with van der Waals surface area (Å²) in [7, 11) is 0. The van der Waals surface area contributed by atoms with E-state index in [0.717, 1.165) is 5.57 Å². The Balaban J connectivity index is 2.18. The second-order valence-corrected chi connectivity index (χ2v) is 9.67. The Morgan fingerprint density at radius 3 is 2.44 bits per heavy atom. The second-order valence-electron chi connectivity index (χ2n) is 9.67. The van der Waals surface area contributed by atoms with E-state index >= 15 is 0 Å². The molecule has 34 heavy (non-hydrogen) atoms. The van der Waals surface area contributed by atoms with E-state index in [2.05, 4.69) is 13.0 Å². The monoisotopic (exact) mass is 482 g/mol. The molecule has 2 aliphatic rings. The lowest BCUT2D eigenvalue weighted by Crippen LogP contribution is -2.48. The topological polar surface area (TPSA) is 134 Å². The highest BCUT2D eigenvalue weighted by atomic mass is 16.6. The zero-order valence-corrected chi connectivity index (χ0v) is 20.9. The summed E-state index contributed by atoms with van der Waals surface area (Å²) in [6.07, 6.45) is 4.56. The number of hydrogen-bond acceptors (Lipinski definition) is 7. The molecule has 4 N–H and O–H groups in total. The number of fused-ring (bicyclic) bond motifs is 1. The van der Waals surface area contributed by atoms with Gasteiger partial charge in [-0.15, -0.1) is 0 Å². The molecule has 0 saturated heterocycles. The van der Waals surface area contributed by atoms with Crippen LogP contribution in [0.1, 0.15) is 72.6 Å². The van der Waals surface area contributed by atoms with Crippen LogP contribution in [0.4, 0.5) is 0 Å². The van der Waals surface area contributed by atoms with Gasteiger partial charge < -0.3 is 29.9 Å². The molecule has 0 aliphatic heterocycles. The Morgan fingerprint density at radius 2 is 1.85 bits per heavy atom. The molecule has 0 fully saturated rings. The number of carbonyl (C=O) groups is 2. The number of carboxylic acids is 1. The minimum atomic E-state index is -1.10. The number of hydrogen-bond donors (Lipinski definition) is 4. The van der Waals surface area contributed by atoms with Crippen LogP contribution in [-0.2, 0) is 19.1 Å². The van der Waals surface area contributed by atoms with Crippen molar-refractivity contribution in [3.05, 3.63) is 23.8 Å². The summed E-state index contributed by atoms with van der Waals surface area (Å²) < 4.78 is 11.9. The first-order valence-corrected chi connectivity index (χ1v) is 12.6. The molecule has 0 radical (unpaired) electrons. The lowest BCUT2D eigenvalue weighted by Gasteiger charge is -2.44. The van der Waals surface area contributed by atoms with Gasteiger partial charge in [-0.1, -0.05) is 39.0 Å². The molecule has 0 saturated carbocycles. The number of aliphatic hydroxyl groups excluding tert-OH is 3. The van der Waals surface area contributed by atoms with Gasteiger partial charge in [-0.2, -0.15) is 0 Å². The van der Waals surface area contributed by atoms with E-state index in [4.69, 9.17) is 14.6 Å². The Hall–Kier alpha value is -1.74. The summed E-state index contributed by atoms with van der Waals surface area (Å²) in [4.78, 5) is 24.0. The summed E-state index contributed by atoms with van der Waals surface area (Å²) in [5.74, 6) is -1.43. The van der Waals surface area contributed by atoms with Crippen LogP contribution in [0, 0.1) is 17.8 Å². The van der Waals surface area contributed by atoms with Gasteiger partial charge in [-0.05, 0) is 56.4 Å². The van der Waals surface area contributed by atoms with E-state index in [1.807, 2.05) is 32.9 Å². The zero-order valence-electron chi connectivity index (χ0n) is 20.9. The molecular formula is C26H42O8. The number of ether oxygens (including phenoxy) is 2. The van der Waals surface area contributed by atoms with Gasteiger partial charge in [-0.3, -0.25) is 4.79 Å². The third-order valence-corrected chi connectivity index (χ3v) is 7.35. The van der Waals surface area contributed by atoms with Crippen molar-refractivity contribution in [2.45, 2.75) is 103 Å². The van der Waals surface area contributed by atoms with Crippen LogP contribution < -0.4 is 0 Å². The summed E-state index contributed by atoms with van der Waals surface area (Å²) in [5.41, 5.74) is -0.0848. The predicted octanol–water partition coefficient (Wildman–Crippen LogP) is 2.99. The molecule has 8 heteroatoms. The molecule has 8 nitrogen and oxygen atoms in total. The second kappa shape index (κ2) is 12.8. The summed E-state index contributed by atoms with van der Waals surface area (Å²) >= 11 is 0. The van der Waals surface area contributed by atoms with E-state index in [-0.39, 0.29) is 24.2 Å². The molecule has 2 aliphatic carbocycles. The van der Waals surface area contributed by atoms with E-state index in [9.17, 15) is 24.9 Å². The lowest BCUT2D eigenvalue weighted by molar-refractivity contribution is -0.184. The van der Waals surface area contributed by atoms with Crippen LogP contribution in [0.25, 0.3) is 0 Å². The van der Waals surface area contributed by atoms with Crippen molar-refractivity contribution in [1.82, 2.24) is 0 Å². The number of allylic oxidation sites excluding steroid dienone is 2. The Labute approximate surface area is 202 Å². The number of aliphatic carboxylic acids is 1. The first-order chi connectivity index (χ1) is 16.1.